The second-order valence-electron chi connectivity index (χ2n) is 8.39. The van der Waals surface area contributed by atoms with Gasteiger partial charge in [0.25, 0.3) is 11.8 Å². The van der Waals surface area contributed by atoms with Crippen LogP contribution < -0.4 is 20.1 Å². The van der Waals surface area contributed by atoms with Crippen LogP contribution in [0.4, 0.5) is 0 Å². The molecule has 7 heteroatoms. The van der Waals surface area contributed by atoms with E-state index in [1.54, 1.807) is 37.5 Å². The Labute approximate surface area is 197 Å². The lowest BCUT2D eigenvalue weighted by atomic mass is 9.89. The molecule has 2 aromatic carbocycles. The fourth-order valence-electron chi connectivity index (χ4n) is 3.78. The maximum atomic E-state index is 13.4. The Morgan fingerprint density at radius 3 is 2.55 bits per heavy atom. The van der Waals surface area contributed by atoms with E-state index in [1.165, 1.54) is 11.3 Å². The molecule has 170 valence electrons. The van der Waals surface area contributed by atoms with Gasteiger partial charge in [0.15, 0.2) is 0 Å². The number of benzene rings is 2. The third kappa shape index (κ3) is 5.43. The Morgan fingerprint density at radius 2 is 1.85 bits per heavy atom. The molecule has 1 aliphatic rings. The molecule has 0 radical (unpaired) electrons. The second-order valence-corrected chi connectivity index (χ2v) is 9.37. The summed E-state index contributed by atoms with van der Waals surface area (Å²) in [4.78, 5) is 27.1. The van der Waals surface area contributed by atoms with Crippen LogP contribution in [0.1, 0.15) is 47.1 Å². The average molecular weight is 463 g/mol. The van der Waals surface area contributed by atoms with Crippen molar-refractivity contribution in [3.63, 3.8) is 0 Å². The zero-order valence-corrected chi connectivity index (χ0v) is 19.6. The van der Waals surface area contributed by atoms with Crippen LogP contribution in [0.3, 0.4) is 0 Å². The van der Waals surface area contributed by atoms with Crippen molar-refractivity contribution < 1.29 is 19.1 Å². The molecule has 1 atom stereocenters. The van der Waals surface area contributed by atoms with E-state index in [0.717, 1.165) is 16.2 Å². The van der Waals surface area contributed by atoms with Gasteiger partial charge in [-0.15, -0.1) is 11.3 Å². The van der Waals surface area contributed by atoms with Gasteiger partial charge in [-0.1, -0.05) is 24.3 Å². The molecule has 0 bridgehead atoms. The van der Waals surface area contributed by atoms with Crippen molar-refractivity contribution in [2.75, 3.05) is 7.11 Å². The normalized spacial score (nSPS) is 16.8. The average Bonchev–Trinajstić information content (AvgIpc) is 3.31. The highest BCUT2D eigenvalue weighted by Crippen LogP contribution is 2.39. The Kier molecular flexibility index (Phi) is 6.51. The molecule has 6 nitrogen and oxygen atoms in total. The first-order valence-corrected chi connectivity index (χ1v) is 11.5. The van der Waals surface area contributed by atoms with Gasteiger partial charge in [0, 0.05) is 22.4 Å². The predicted molar refractivity (Wildman–Crippen MR) is 129 cm³/mol. The molecule has 2 amide bonds. The maximum absolute atomic E-state index is 13.4. The van der Waals surface area contributed by atoms with Gasteiger partial charge in [-0.3, -0.25) is 9.59 Å². The van der Waals surface area contributed by atoms with E-state index in [2.05, 4.69) is 10.6 Å². The molecule has 4 rings (SSSR count). The monoisotopic (exact) mass is 462 g/mol. The molecule has 1 aromatic heterocycles. The topological polar surface area (TPSA) is 76.7 Å². The SMILES string of the molecule is COc1ccc(C(=O)N/C(=C\c2cccs2)C(=O)NC2CC(C)(C)Oc3ccccc32)cc1. The van der Waals surface area contributed by atoms with Gasteiger partial charge in [-0.25, -0.2) is 0 Å². The Bertz CT molecular complexity index is 1170. The van der Waals surface area contributed by atoms with Crippen LogP contribution in [-0.4, -0.2) is 24.5 Å². The van der Waals surface area contributed by atoms with E-state index in [9.17, 15) is 9.59 Å². The fraction of sp³-hybridized carbons (Fsp3) is 0.231. The van der Waals surface area contributed by atoms with Gasteiger partial charge in [-0.2, -0.15) is 0 Å². The molecule has 2 heterocycles. The summed E-state index contributed by atoms with van der Waals surface area (Å²) >= 11 is 1.49. The number of para-hydroxylation sites is 1. The predicted octanol–water partition coefficient (Wildman–Crippen LogP) is 4.95. The number of hydrogen-bond acceptors (Lipinski definition) is 5. The molecule has 0 fully saturated rings. The van der Waals surface area contributed by atoms with Crippen molar-refractivity contribution in [1.82, 2.24) is 10.6 Å². The van der Waals surface area contributed by atoms with Crippen molar-refractivity contribution in [3.8, 4) is 11.5 Å². The first kappa shape index (κ1) is 22.6. The number of amides is 2. The second kappa shape index (κ2) is 9.50. The van der Waals surface area contributed by atoms with Gasteiger partial charge in [0.1, 0.15) is 22.8 Å². The van der Waals surface area contributed by atoms with Gasteiger partial charge in [-0.05, 0) is 61.7 Å². The first-order valence-electron chi connectivity index (χ1n) is 10.6. The number of hydrogen-bond donors (Lipinski definition) is 2. The first-order chi connectivity index (χ1) is 15.8. The molecule has 0 spiro atoms. The fourth-order valence-corrected chi connectivity index (χ4v) is 4.44. The lowest BCUT2D eigenvalue weighted by Gasteiger charge is -2.38. The molecule has 2 N–H and O–H groups in total. The van der Waals surface area contributed by atoms with Crippen molar-refractivity contribution in [3.05, 3.63) is 87.7 Å². The van der Waals surface area contributed by atoms with Crippen molar-refractivity contribution in [2.24, 2.45) is 0 Å². The lowest BCUT2D eigenvalue weighted by Crippen LogP contribution is -2.43. The van der Waals surface area contributed by atoms with E-state index >= 15 is 0 Å². The van der Waals surface area contributed by atoms with Crippen LogP contribution in [0.5, 0.6) is 11.5 Å². The minimum absolute atomic E-state index is 0.181. The highest BCUT2D eigenvalue weighted by atomic mass is 32.1. The van der Waals surface area contributed by atoms with Crippen LogP contribution in [0.2, 0.25) is 0 Å². The summed E-state index contributed by atoms with van der Waals surface area (Å²) in [6.07, 6.45) is 2.30. The highest BCUT2D eigenvalue weighted by Gasteiger charge is 2.34. The number of ether oxygens (including phenoxy) is 2. The van der Waals surface area contributed by atoms with Crippen LogP contribution >= 0.6 is 11.3 Å². The van der Waals surface area contributed by atoms with E-state index < -0.39 is 5.60 Å². The number of carbonyl (C=O) groups is 2. The third-order valence-corrected chi connectivity index (χ3v) is 6.18. The van der Waals surface area contributed by atoms with Crippen LogP contribution in [0.15, 0.2) is 71.7 Å². The maximum Gasteiger partial charge on any atom is 0.268 e. The van der Waals surface area contributed by atoms with E-state index in [4.69, 9.17) is 9.47 Å². The summed E-state index contributed by atoms with van der Waals surface area (Å²) in [6.45, 7) is 3.99. The van der Waals surface area contributed by atoms with Gasteiger partial charge in [0.05, 0.1) is 13.2 Å². The Hall–Kier alpha value is -3.58. The smallest absolute Gasteiger partial charge is 0.268 e. The van der Waals surface area contributed by atoms with E-state index in [1.807, 2.05) is 55.6 Å². The van der Waals surface area contributed by atoms with Crippen LogP contribution in [-0.2, 0) is 4.79 Å². The molecule has 33 heavy (non-hydrogen) atoms. The molecule has 0 saturated heterocycles. The van der Waals surface area contributed by atoms with Crippen LogP contribution in [0, 0.1) is 0 Å². The summed E-state index contributed by atoms with van der Waals surface area (Å²) in [5.41, 5.74) is 1.09. The molecular weight excluding hydrogens is 436 g/mol. The van der Waals surface area contributed by atoms with Crippen molar-refractivity contribution >= 4 is 29.2 Å². The van der Waals surface area contributed by atoms with Gasteiger partial charge >= 0.3 is 0 Å². The molecular formula is C26H26N2O4S. The Balaban J connectivity index is 1.58. The minimum Gasteiger partial charge on any atom is -0.497 e. The van der Waals surface area contributed by atoms with E-state index in [0.29, 0.717) is 17.7 Å². The zero-order chi connectivity index (χ0) is 23.4. The number of carbonyl (C=O) groups excluding carboxylic acids is 2. The van der Waals surface area contributed by atoms with Crippen molar-refractivity contribution in [1.29, 1.82) is 0 Å². The number of thiophene rings is 1. The van der Waals surface area contributed by atoms with Crippen LogP contribution in [0.25, 0.3) is 6.08 Å². The summed E-state index contributed by atoms with van der Waals surface area (Å²) in [7, 11) is 1.57. The van der Waals surface area contributed by atoms with E-state index in [-0.39, 0.29) is 23.6 Å². The summed E-state index contributed by atoms with van der Waals surface area (Å²) in [5.74, 6) is 0.677. The van der Waals surface area contributed by atoms with Gasteiger partial charge < -0.3 is 20.1 Å². The summed E-state index contributed by atoms with van der Waals surface area (Å²) in [6, 6.07) is 18.0. The van der Waals surface area contributed by atoms with Crippen molar-refractivity contribution in [2.45, 2.75) is 31.9 Å². The highest BCUT2D eigenvalue weighted by molar-refractivity contribution is 7.10. The number of methoxy groups -OCH3 is 1. The summed E-state index contributed by atoms with van der Waals surface area (Å²) in [5, 5.41) is 7.81. The quantitative estimate of drug-likeness (QED) is 0.509. The van der Waals surface area contributed by atoms with Gasteiger partial charge in [0.2, 0.25) is 0 Å². The molecule has 0 saturated carbocycles. The largest absolute Gasteiger partial charge is 0.497 e. The molecule has 1 unspecified atom stereocenters. The third-order valence-electron chi connectivity index (χ3n) is 5.36. The lowest BCUT2D eigenvalue weighted by molar-refractivity contribution is -0.119. The molecule has 0 aliphatic carbocycles. The summed E-state index contributed by atoms with van der Waals surface area (Å²) < 4.78 is 11.2. The number of nitrogens with one attached hydrogen (secondary N) is 2. The Morgan fingerprint density at radius 1 is 1.09 bits per heavy atom. The standard InChI is InChI=1S/C26H26N2O4S/c1-26(2)16-22(20-8-4-5-9-23(20)32-26)28-25(30)21(15-19-7-6-14-33-19)27-24(29)17-10-12-18(31-3)13-11-17/h4-15,22H,16H2,1-3H3,(H,27,29)(H,28,30)/b21-15-. The molecule has 3 aromatic rings. The minimum atomic E-state index is -0.434. The number of rotatable bonds is 6. The zero-order valence-electron chi connectivity index (χ0n) is 18.8. The number of fused-ring (bicyclic) bond motifs is 1. The molecule has 1 aliphatic heterocycles.